The van der Waals surface area contributed by atoms with Crippen LogP contribution in [0.15, 0.2) is 12.1 Å². The van der Waals surface area contributed by atoms with Crippen molar-refractivity contribution in [3.05, 3.63) is 34.4 Å². The molecule has 0 bridgehead atoms. The van der Waals surface area contributed by atoms with Crippen molar-refractivity contribution in [2.24, 2.45) is 0 Å². The van der Waals surface area contributed by atoms with E-state index in [4.69, 9.17) is 0 Å². The monoisotopic (exact) mass is 245 g/mol. The predicted octanol–water partition coefficient (Wildman–Crippen LogP) is 3.61. The third-order valence-electron chi connectivity index (χ3n) is 2.72. The van der Waals surface area contributed by atoms with Crippen LogP contribution >= 0.6 is 0 Å². The molecule has 0 unspecified atom stereocenters. The molecule has 0 fully saturated rings. The van der Waals surface area contributed by atoms with Crippen LogP contribution in [0.25, 0.3) is 0 Å². The van der Waals surface area contributed by atoms with Crippen LogP contribution in [-0.2, 0) is 6.54 Å². The molecule has 0 aliphatic heterocycles. The predicted molar refractivity (Wildman–Crippen MR) is 63.0 cm³/mol. The Morgan fingerprint density at radius 2 is 1.53 bits per heavy atom. The van der Waals surface area contributed by atoms with Crippen molar-refractivity contribution >= 4 is 0 Å². The zero-order chi connectivity index (χ0) is 13.2. The maximum atomic E-state index is 12.2. The molecule has 0 spiro atoms. The number of nitrogens with zero attached hydrogens (tertiary/aromatic N) is 1. The summed E-state index contributed by atoms with van der Waals surface area (Å²) in [5, 5.41) is 0. The Hall–Kier alpha value is -1.03. The molecule has 0 amide bonds. The first-order valence-corrected chi connectivity index (χ1v) is 5.51. The molecule has 17 heavy (non-hydrogen) atoms. The summed E-state index contributed by atoms with van der Waals surface area (Å²) in [6.45, 7) is 5.33. The molecule has 0 N–H and O–H groups in total. The molecule has 96 valence electrons. The van der Waals surface area contributed by atoms with Crippen molar-refractivity contribution in [1.29, 1.82) is 0 Å². The summed E-state index contributed by atoms with van der Waals surface area (Å²) >= 11 is 0. The second-order valence-electron chi connectivity index (χ2n) is 4.66. The Morgan fingerprint density at radius 3 is 1.94 bits per heavy atom. The number of aryl methyl sites for hydroxylation is 3. The highest BCUT2D eigenvalue weighted by atomic mass is 19.4. The fourth-order valence-electron chi connectivity index (χ4n) is 2.09. The minimum absolute atomic E-state index is 0.331. The van der Waals surface area contributed by atoms with E-state index in [0.717, 1.165) is 22.3 Å². The lowest BCUT2D eigenvalue weighted by atomic mass is 9.99. The van der Waals surface area contributed by atoms with Gasteiger partial charge in [-0.25, -0.2) is 0 Å². The number of hydrogen-bond donors (Lipinski definition) is 0. The Labute approximate surface area is 100 Å². The Morgan fingerprint density at radius 1 is 1.06 bits per heavy atom. The number of rotatable bonds is 3. The summed E-state index contributed by atoms with van der Waals surface area (Å²) in [7, 11) is 1.49. The summed E-state index contributed by atoms with van der Waals surface area (Å²) in [5.74, 6) is 0. The normalized spacial score (nSPS) is 12.2. The molecule has 0 aliphatic carbocycles. The standard InChI is InChI=1S/C13H18F3N/c1-9-5-10(2)12(11(3)6-9)7-17(4)8-13(14,15)16/h5-6H,7-8H2,1-4H3. The summed E-state index contributed by atoms with van der Waals surface area (Å²) < 4.78 is 36.7. The average Bonchev–Trinajstić information content (AvgIpc) is 2.08. The number of alkyl halides is 3. The third-order valence-corrected chi connectivity index (χ3v) is 2.72. The van der Waals surface area contributed by atoms with Crippen LogP contribution < -0.4 is 0 Å². The van der Waals surface area contributed by atoms with Gasteiger partial charge in [0.2, 0.25) is 0 Å². The van der Waals surface area contributed by atoms with Gasteiger partial charge in [0.05, 0.1) is 6.54 Å². The molecule has 0 saturated carbocycles. The maximum absolute atomic E-state index is 12.2. The average molecular weight is 245 g/mol. The van der Waals surface area contributed by atoms with Gasteiger partial charge in [-0.15, -0.1) is 0 Å². The quantitative estimate of drug-likeness (QED) is 0.786. The molecule has 0 radical (unpaired) electrons. The summed E-state index contributed by atoms with van der Waals surface area (Å²) in [6, 6.07) is 4.01. The van der Waals surface area contributed by atoms with Crippen molar-refractivity contribution in [3.8, 4) is 0 Å². The second-order valence-corrected chi connectivity index (χ2v) is 4.66. The highest BCUT2D eigenvalue weighted by molar-refractivity contribution is 5.37. The van der Waals surface area contributed by atoms with Crippen LogP contribution in [-0.4, -0.2) is 24.7 Å². The fraction of sp³-hybridized carbons (Fsp3) is 0.538. The molecular formula is C13H18F3N. The zero-order valence-corrected chi connectivity index (χ0v) is 10.7. The van der Waals surface area contributed by atoms with Gasteiger partial charge < -0.3 is 0 Å². The van der Waals surface area contributed by atoms with E-state index < -0.39 is 12.7 Å². The summed E-state index contributed by atoms with van der Waals surface area (Å²) in [6.07, 6.45) is -4.14. The van der Waals surface area contributed by atoms with Crippen molar-refractivity contribution in [3.63, 3.8) is 0 Å². The van der Waals surface area contributed by atoms with Crippen molar-refractivity contribution in [2.75, 3.05) is 13.6 Å². The second kappa shape index (κ2) is 5.08. The molecular weight excluding hydrogens is 227 g/mol. The minimum Gasteiger partial charge on any atom is -0.294 e. The Bertz CT molecular complexity index is 373. The topological polar surface area (TPSA) is 3.24 Å². The minimum atomic E-state index is -4.14. The van der Waals surface area contributed by atoms with E-state index in [1.165, 1.54) is 11.9 Å². The van der Waals surface area contributed by atoms with E-state index in [0.29, 0.717) is 6.54 Å². The zero-order valence-electron chi connectivity index (χ0n) is 10.7. The molecule has 4 heteroatoms. The van der Waals surface area contributed by atoms with Crippen LogP contribution in [0.3, 0.4) is 0 Å². The molecule has 0 aliphatic rings. The van der Waals surface area contributed by atoms with Crippen LogP contribution in [0.4, 0.5) is 13.2 Å². The first-order chi connectivity index (χ1) is 7.69. The first-order valence-electron chi connectivity index (χ1n) is 5.51. The lowest BCUT2D eigenvalue weighted by molar-refractivity contribution is -0.144. The molecule has 1 rings (SSSR count). The van der Waals surface area contributed by atoms with Crippen molar-refractivity contribution in [2.45, 2.75) is 33.5 Å². The largest absolute Gasteiger partial charge is 0.401 e. The Balaban J connectivity index is 2.82. The van der Waals surface area contributed by atoms with E-state index in [-0.39, 0.29) is 0 Å². The van der Waals surface area contributed by atoms with E-state index >= 15 is 0 Å². The summed E-state index contributed by atoms with van der Waals surface area (Å²) in [5.41, 5.74) is 4.23. The molecule has 0 heterocycles. The van der Waals surface area contributed by atoms with E-state index in [2.05, 4.69) is 0 Å². The van der Waals surface area contributed by atoms with Gasteiger partial charge in [-0.05, 0) is 44.5 Å². The lowest BCUT2D eigenvalue weighted by Crippen LogP contribution is -2.31. The molecule has 1 aromatic rings. The maximum Gasteiger partial charge on any atom is 0.401 e. The van der Waals surface area contributed by atoms with Crippen molar-refractivity contribution in [1.82, 2.24) is 4.90 Å². The Kier molecular flexibility index (Phi) is 4.20. The molecule has 0 saturated heterocycles. The third kappa shape index (κ3) is 4.38. The van der Waals surface area contributed by atoms with Crippen LogP contribution in [0.5, 0.6) is 0 Å². The van der Waals surface area contributed by atoms with Crippen LogP contribution in [0.1, 0.15) is 22.3 Å². The van der Waals surface area contributed by atoms with Gasteiger partial charge in [0.25, 0.3) is 0 Å². The number of hydrogen-bond acceptors (Lipinski definition) is 1. The number of halogens is 3. The highest BCUT2D eigenvalue weighted by Gasteiger charge is 2.29. The smallest absolute Gasteiger partial charge is 0.294 e. The lowest BCUT2D eigenvalue weighted by Gasteiger charge is -2.21. The van der Waals surface area contributed by atoms with Gasteiger partial charge in [0.1, 0.15) is 0 Å². The number of benzene rings is 1. The van der Waals surface area contributed by atoms with Gasteiger partial charge in [0.15, 0.2) is 0 Å². The van der Waals surface area contributed by atoms with Gasteiger partial charge in [-0.3, -0.25) is 4.90 Å². The first kappa shape index (κ1) is 14.0. The highest BCUT2D eigenvalue weighted by Crippen LogP contribution is 2.21. The summed E-state index contributed by atoms with van der Waals surface area (Å²) in [4.78, 5) is 1.30. The van der Waals surface area contributed by atoms with Gasteiger partial charge >= 0.3 is 6.18 Å². The van der Waals surface area contributed by atoms with Crippen molar-refractivity contribution < 1.29 is 13.2 Å². The molecule has 0 aromatic heterocycles. The van der Waals surface area contributed by atoms with Gasteiger partial charge in [0, 0.05) is 6.54 Å². The van der Waals surface area contributed by atoms with Gasteiger partial charge in [-0.1, -0.05) is 17.7 Å². The SMILES string of the molecule is Cc1cc(C)c(CN(C)CC(F)(F)F)c(C)c1. The van der Waals surface area contributed by atoms with E-state index in [1.54, 1.807) is 0 Å². The van der Waals surface area contributed by atoms with Crippen LogP contribution in [0, 0.1) is 20.8 Å². The van der Waals surface area contributed by atoms with Crippen LogP contribution in [0.2, 0.25) is 0 Å². The van der Waals surface area contributed by atoms with E-state index in [9.17, 15) is 13.2 Å². The molecule has 0 atom stereocenters. The molecule has 1 aromatic carbocycles. The van der Waals surface area contributed by atoms with E-state index in [1.807, 2.05) is 32.9 Å². The van der Waals surface area contributed by atoms with Gasteiger partial charge in [-0.2, -0.15) is 13.2 Å². The molecule has 1 nitrogen and oxygen atoms in total. The fourth-order valence-corrected chi connectivity index (χ4v) is 2.09.